The van der Waals surface area contributed by atoms with E-state index in [2.05, 4.69) is 30.6 Å². The first-order chi connectivity index (χ1) is 11.2. The number of nitrogens with one attached hydrogen (secondary N) is 1. The summed E-state index contributed by atoms with van der Waals surface area (Å²) in [5, 5.41) is 3.70. The number of ketones is 1. The molecule has 2 aliphatic heterocycles. The van der Waals surface area contributed by atoms with Crippen LogP contribution in [0.5, 0.6) is 0 Å². The molecular formula is C21H25NO. The first-order valence-electron chi connectivity index (χ1n) is 8.50. The molecule has 0 amide bonds. The Balaban J connectivity index is 1.79. The second-order valence-electron chi connectivity index (χ2n) is 6.65. The van der Waals surface area contributed by atoms with E-state index in [1.165, 1.54) is 5.56 Å². The van der Waals surface area contributed by atoms with Crippen LogP contribution < -0.4 is 5.32 Å². The number of Topliss-reactive ketones (excluding diaryl/α,β-unsaturated/α-hetero) is 1. The van der Waals surface area contributed by atoms with Gasteiger partial charge in [0, 0.05) is 23.9 Å². The van der Waals surface area contributed by atoms with Gasteiger partial charge in [0.15, 0.2) is 0 Å². The lowest BCUT2D eigenvalue weighted by Gasteiger charge is -2.35. The third-order valence-corrected chi connectivity index (χ3v) is 5.27. The summed E-state index contributed by atoms with van der Waals surface area (Å²) >= 11 is 0. The van der Waals surface area contributed by atoms with Crippen LogP contribution in [0.25, 0.3) is 0 Å². The fourth-order valence-corrected chi connectivity index (χ4v) is 4.09. The second kappa shape index (κ2) is 7.10. The van der Waals surface area contributed by atoms with Crippen molar-refractivity contribution in [2.45, 2.75) is 37.8 Å². The molecule has 0 radical (unpaired) electrons. The van der Waals surface area contributed by atoms with E-state index >= 15 is 0 Å². The molecule has 1 aromatic carbocycles. The molecule has 0 saturated carbocycles. The molecule has 1 aromatic rings. The summed E-state index contributed by atoms with van der Waals surface area (Å²) in [5.74, 6) is 0.583. The fraction of sp³-hybridized carbons (Fsp3) is 0.381. The van der Waals surface area contributed by atoms with Crippen LogP contribution >= 0.6 is 0 Å². The molecule has 23 heavy (non-hydrogen) atoms. The van der Waals surface area contributed by atoms with Crippen molar-refractivity contribution in [3.63, 3.8) is 0 Å². The van der Waals surface area contributed by atoms with Crippen LogP contribution in [0.15, 0.2) is 67.3 Å². The van der Waals surface area contributed by atoms with Gasteiger partial charge in [-0.25, -0.2) is 0 Å². The smallest absolute Gasteiger partial charge is 0.142 e. The Morgan fingerprint density at radius 1 is 1.13 bits per heavy atom. The largest absolute Gasteiger partial charge is 0.310 e. The van der Waals surface area contributed by atoms with E-state index in [-0.39, 0.29) is 11.8 Å². The van der Waals surface area contributed by atoms with E-state index < -0.39 is 0 Å². The molecule has 0 spiro atoms. The van der Waals surface area contributed by atoms with Crippen molar-refractivity contribution in [3.05, 3.63) is 72.9 Å². The predicted octanol–water partition coefficient (Wildman–Crippen LogP) is 3.85. The molecule has 2 nitrogen and oxygen atoms in total. The number of allylic oxidation sites excluding steroid dienone is 4. The number of carbonyl (C=O) groups is 1. The Labute approximate surface area is 139 Å². The molecular weight excluding hydrogens is 282 g/mol. The highest BCUT2D eigenvalue weighted by Gasteiger charge is 2.46. The maximum Gasteiger partial charge on any atom is 0.142 e. The normalized spacial score (nSPS) is 30.3. The topological polar surface area (TPSA) is 29.1 Å². The Morgan fingerprint density at radius 2 is 1.83 bits per heavy atom. The highest BCUT2D eigenvalue weighted by atomic mass is 16.1. The van der Waals surface area contributed by atoms with Gasteiger partial charge in [-0.2, -0.15) is 0 Å². The molecule has 2 heterocycles. The minimum atomic E-state index is 0.0617. The van der Waals surface area contributed by atoms with E-state index in [4.69, 9.17) is 0 Å². The standard InChI is InChI=1S/C21H25NO/c1-3-8-15(4-2)13-17-19-11-12-20(22-19)18(21(17)23)14-16-9-6-5-7-10-16/h3-10,17-20,22H,1-2,11-14H2/b15-8+/t17-,18+,19+,20-/m0/s1. The molecule has 3 rings (SSSR count). The van der Waals surface area contributed by atoms with Crippen LogP contribution in [-0.2, 0) is 11.2 Å². The van der Waals surface area contributed by atoms with Crippen molar-refractivity contribution in [1.82, 2.24) is 5.32 Å². The van der Waals surface area contributed by atoms with Gasteiger partial charge in [-0.05, 0) is 36.8 Å². The van der Waals surface area contributed by atoms with E-state index in [9.17, 15) is 4.79 Å². The number of carbonyl (C=O) groups excluding carboxylic acids is 1. The Kier molecular flexibility index (Phi) is 4.92. The zero-order valence-electron chi connectivity index (χ0n) is 13.6. The van der Waals surface area contributed by atoms with E-state index in [0.29, 0.717) is 17.9 Å². The van der Waals surface area contributed by atoms with Gasteiger partial charge in [-0.1, -0.05) is 61.7 Å². The van der Waals surface area contributed by atoms with E-state index in [1.54, 1.807) is 6.08 Å². The molecule has 2 saturated heterocycles. The van der Waals surface area contributed by atoms with Crippen molar-refractivity contribution in [2.75, 3.05) is 0 Å². The number of fused-ring (bicyclic) bond motifs is 2. The Hall–Kier alpha value is -1.93. The molecule has 2 heteroatoms. The van der Waals surface area contributed by atoms with Crippen molar-refractivity contribution in [3.8, 4) is 0 Å². The second-order valence-corrected chi connectivity index (χ2v) is 6.65. The highest BCUT2D eigenvalue weighted by molar-refractivity contribution is 5.86. The van der Waals surface area contributed by atoms with Gasteiger partial charge in [-0.3, -0.25) is 4.79 Å². The van der Waals surface area contributed by atoms with E-state index in [1.807, 2.05) is 30.4 Å². The van der Waals surface area contributed by atoms with Gasteiger partial charge in [0.25, 0.3) is 0 Å². The van der Waals surface area contributed by atoms with Crippen LogP contribution in [0.2, 0.25) is 0 Å². The van der Waals surface area contributed by atoms with Gasteiger partial charge in [-0.15, -0.1) is 0 Å². The van der Waals surface area contributed by atoms with Crippen molar-refractivity contribution in [1.29, 1.82) is 0 Å². The van der Waals surface area contributed by atoms with Crippen LogP contribution in [0.1, 0.15) is 24.8 Å². The Bertz CT molecular complexity index is 616. The number of piperidine rings is 1. The Morgan fingerprint density at radius 3 is 2.48 bits per heavy atom. The summed E-state index contributed by atoms with van der Waals surface area (Å²) in [6.45, 7) is 7.62. The summed E-state index contributed by atoms with van der Waals surface area (Å²) in [7, 11) is 0. The first kappa shape index (κ1) is 15.9. The first-order valence-corrected chi connectivity index (χ1v) is 8.50. The molecule has 0 unspecified atom stereocenters. The summed E-state index contributed by atoms with van der Waals surface area (Å²) in [5.41, 5.74) is 2.35. The molecule has 2 fully saturated rings. The lowest BCUT2D eigenvalue weighted by molar-refractivity contribution is -0.130. The third-order valence-electron chi connectivity index (χ3n) is 5.27. The van der Waals surface area contributed by atoms with Crippen molar-refractivity contribution >= 4 is 5.78 Å². The van der Waals surface area contributed by atoms with Gasteiger partial charge < -0.3 is 5.32 Å². The average molecular weight is 307 g/mol. The number of benzene rings is 1. The number of hydrogen-bond donors (Lipinski definition) is 1. The minimum absolute atomic E-state index is 0.0617. The van der Waals surface area contributed by atoms with Crippen LogP contribution in [0.3, 0.4) is 0 Å². The minimum Gasteiger partial charge on any atom is -0.310 e. The molecule has 2 aliphatic rings. The van der Waals surface area contributed by atoms with Crippen LogP contribution in [0.4, 0.5) is 0 Å². The van der Waals surface area contributed by atoms with Crippen molar-refractivity contribution < 1.29 is 4.79 Å². The quantitative estimate of drug-likeness (QED) is 0.809. The molecule has 120 valence electrons. The summed E-state index contributed by atoms with van der Waals surface area (Å²) < 4.78 is 0. The molecule has 0 aromatic heterocycles. The lowest BCUT2D eigenvalue weighted by atomic mass is 9.77. The van der Waals surface area contributed by atoms with Crippen LogP contribution in [0, 0.1) is 11.8 Å². The molecule has 1 N–H and O–H groups in total. The zero-order chi connectivity index (χ0) is 16.2. The van der Waals surface area contributed by atoms with Gasteiger partial charge in [0.2, 0.25) is 0 Å². The average Bonchev–Trinajstić information content (AvgIpc) is 3.01. The third kappa shape index (κ3) is 3.37. The maximum absolute atomic E-state index is 13.1. The monoisotopic (exact) mass is 307 g/mol. The molecule has 0 aliphatic carbocycles. The van der Waals surface area contributed by atoms with Crippen LogP contribution in [-0.4, -0.2) is 17.9 Å². The summed E-state index contributed by atoms with van der Waals surface area (Å²) in [6.07, 6.45) is 9.41. The van der Waals surface area contributed by atoms with Gasteiger partial charge in [0.1, 0.15) is 5.78 Å². The van der Waals surface area contributed by atoms with Crippen molar-refractivity contribution in [2.24, 2.45) is 11.8 Å². The SMILES string of the molecule is C=C/C=C(\C=C)C[C@@H]1C(=O)[C@H](Cc2ccccc2)[C@@H]2CC[C@H]1N2. The van der Waals surface area contributed by atoms with E-state index in [0.717, 1.165) is 31.3 Å². The summed E-state index contributed by atoms with van der Waals surface area (Å²) in [6, 6.07) is 11.0. The van der Waals surface area contributed by atoms with Gasteiger partial charge in [0.05, 0.1) is 0 Å². The summed E-state index contributed by atoms with van der Waals surface area (Å²) in [4.78, 5) is 13.1. The molecule has 2 bridgehead atoms. The zero-order valence-corrected chi connectivity index (χ0v) is 13.6. The number of rotatable bonds is 6. The fourth-order valence-electron chi connectivity index (χ4n) is 4.09. The highest BCUT2D eigenvalue weighted by Crippen LogP contribution is 2.37. The van der Waals surface area contributed by atoms with Gasteiger partial charge >= 0.3 is 0 Å². The molecule has 4 atom stereocenters. The number of hydrogen-bond acceptors (Lipinski definition) is 2. The maximum atomic E-state index is 13.1. The predicted molar refractivity (Wildman–Crippen MR) is 95.2 cm³/mol. The lowest BCUT2D eigenvalue weighted by Crippen LogP contribution is -2.52.